The monoisotopic (exact) mass is 339 g/mol. The van der Waals surface area contributed by atoms with Gasteiger partial charge < -0.3 is 20.3 Å². The Balaban J connectivity index is 1.80. The third kappa shape index (κ3) is 3.77. The molecule has 3 rings (SSSR count). The zero-order valence-electron chi connectivity index (χ0n) is 14.3. The molecule has 0 saturated heterocycles. The van der Waals surface area contributed by atoms with E-state index in [0.717, 1.165) is 6.42 Å². The minimum absolute atomic E-state index is 0.0344. The number of nitrogens with zero attached hydrogens (tertiary/aromatic N) is 4. The van der Waals surface area contributed by atoms with Gasteiger partial charge in [0.1, 0.15) is 0 Å². The van der Waals surface area contributed by atoms with Crippen LogP contribution in [0.1, 0.15) is 5.56 Å². The Morgan fingerprint density at radius 1 is 1.20 bits per heavy atom. The van der Waals surface area contributed by atoms with E-state index in [9.17, 15) is 10.1 Å². The third-order valence-corrected chi connectivity index (χ3v) is 4.23. The first kappa shape index (κ1) is 16.9. The molecule has 0 aliphatic rings. The Labute approximate surface area is 146 Å². The van der Waals surface area contributed by atoms with Crippen LogP contribution in [0.3, 0.4) is 0 Å². The van der Waals surface area contributed by atoms with Gasteiger partial charge in [0.25, 0.3) is 0 Å². The van der Waals surface area contributed by atoms with Gasteiger partial charge >= 0.3 is 5.82 Å². The first-order chi connectivity index (χ1) is 12.1. The molecule has 1 N–H and O–H groups in total. The van der Waals surface area contributed by atoms with Crippen LogP contribution in [-0.4, -0.2) is 45.9 Å². The maximum absolute atomic E-state index is 11.5. The minimum atomic E-state index is -0.399. The number of hydrogen-bond donors (Lipinski definition) is 1. The molecule has 1 atom stereocenters. The second-order valence-corrected chi connectivity index (χ2v) is 6.16. The van der Waals surface area contributed by atoms with Gasteiger partial charge in [0.05, 0.1) is 6.20 Å². The van der Waals surface area contributed by atoms with Crippen LogP contribution in [0.2, 0.25) is 0 Å². The van der Waals surface area contributed by atoms with Crippen molar-refractivity contribution in [1.82, 2.24) is 14.3 Å². The van der Waals surface area contributed by atoms with Crippen molar-refractivity contribution in [1.29, 1.82) is 0 Å². The molecular formula is C18H21N5O2. The predicted octanol–water partition coefficient (Wildman–Crippen LogP) is 2.83. The van der Waals surface area contributed by atoms with Crippen molar-refractivity contribution in [3.63, 3.8) is 0 Å². The summed E-state index contributed by atoms with van der Waals surface area (Å²) in [5.41, 5.74) is 1.79. The summed E-state index contributed by atoms with van der Waals surface area (Å²) in [7, 11) is 4.01. The zero-order valence-corrected chi connectivity index (χ0v) is 14.3. The lowest BCUT2D eigenvalue weighted by atomic mass is 10.1. The Bertz CT molecular complexity index is 860. The lowest BCUT2D eigenvalue weighted by Crippen LogP contribution is -2.36. The van der Waals surface area contributed by atoms with Gasteiger partial charge in [-0.15, -0.1) is 0 Å². The van der Waals surface area contributed by atoms with Crippen LogP contribution >= 0.6 is 0 Å². The average Bonchev–Trinajstić information content (AvgIpc) is 2.97. The maximum atomic E-state index is 11.5. The van der Waals surface area contributed by atoms with Crippen LogP contribution in [0.5, 0.6) is 0 Å². The lowest BCUT2D eigenvalue weighted by molar-refractivity contribution is -0.389. The van der Waals surface area contributed by atoms with Gasteiger partial charge in [-0.05, 0) is 37.1 Å². The highest BCUT2D eigenvalue weighted by Crippen LogP contribution is 2.25. The molecule has 0 radical (unpaired) electrons. The highest BCUT2D eigenvalue weighted by atomic mass is 16.6. The lowest BCUT2D eigenvalue weighted by Gasteiger charge is -2.24. The fraction of sp³-hybridized carbons (Fsp3) is 0.278. The van der Waals surface area contributed by atoms with Crippen LogP contribution in [0.25, 0.3) is 5.65 Å². The van der Waals surface area contributed by atoms with Gasteiger partial charge in [0, 0.05) is 18.7 Å². The molecule has 3 aromatic rings. The van der Waals surface area contributed by atoms with Crippen LogP contribution in [-0.2, 0) is 6.42 Å². The first-order valence-electron chi connectivity index (χ1n) is 8.12. The van der Waals surface area contributed by atoms with E-state index < -0.39 is 4.92 Å². The third-order valence-electron chi connectivity index (χ3n) is 4.23. The minimum Gasteiger partial charge on any atom is -0.361 e. The number of likely N-dealkylation sites (N-methyl/N-ethyl adjacent to an activating group) is 1. The molecule has 7 heteroatoms. The standard InChI is InChI=1S/C18H21N5O2/c1-21(2)15(12-14-8-4-3-5-9-14)13-19-17-18(23(24)25)22-11-7-6-10-16(22)20-17/h3-11,15,19H,12-13H2,1-2H3. The van der Waals surface area contributed by atoms with E-state index in [1.165, 1.54) is 9.96 Å². The summed E-state index contributed by atoms with van der Waals surface area (Å²) < 4.78 is 1.49. The first-order valence-corrected chi connectivity index (χ1v) is 8.12. The number of rotatable bonds is 7. The summed E-state index contributed by atoms with van der Waals surface area (Å²) in [6, 6.07) is 15.7. The average molecular weight is 339 g/mol. The van der Waals surface area contributed by atoms with Gasteiger partial charge in [-0.25, -0.2) is 0 Å². The molecule has 7 nitrogen and oxygen atoms in total. The van der Waals surface area contributed by atoms with Gasteiger partial charge in [-0.1, -0.05) is 36.4 Å². The van der Waals surface area contributed by atoms with Crippen LogP contribution in [0.15, 0.2) is 54.7 Å². The molecule has 0 bridgehead atoms. The summed E-state index contributed by atoms with van der Waals surface area (Å²) in [4.78, 5) is 17.5. The van der Waals surface area contributed by atoms with E-state index in [0.29, 0.717) is 18.0 Å². The molecule has 0 spiro atoms. The maximum Gasteiger partial charge on any atom is 0.372 e. The number of hydrogen-bond acceptors (Lipinski definition) is 5. The van der Waals surface area contributed by atoms with Crippen molar-refractivity contribution in [2.45, 2.75) is 12.5 Å². The molecule has 0 aliphatic carbocycles. The SMILES string of the molecule is CN(C)C(CNc1nc2ccccn2c1[N+](=O)[O-])Cc1ccccc1. The van der Waals surface area contributed by atoms with Gasteiger partial charge in [0.2, 0.25) is 11.5 Å². The van der Waals surface area contributed by atoms with Crippen molar-refractivity contribution in [3.8, 4) is 0 Å². The summed E-state index contributed by atoms with van der Waals surface area (Å²) in [5.74, 6) is 0.268. The second-order valence-electron chi connectivity index (χ2n) is 6.16. The quantitative estimate of drug-likeness (QED) is 0.529. The van der Waals surface area contributed by atoms with Gasteiger partial charge in [-0.3, -0.25) is 0 Å². The highest BCUT2D eigenvalue weighted by Gasteiger charge is 2.23. The Kier molecular flexibility index (Phi) is 4.95. The fourth-order valence-electron chi connectivity index (χ4n) is 2.81. The Hall–Kier alpha value is -2.93. The number of nitrogens with one attached hydrogen (secondary N) is 1. The second kappa shape index (κ2) is 7.31. The molecule has 130 valence electrons. The highest BCUT2D eigenvalue weighted by molar-refractivity contribution is 5.62. The van der Waals surface area contributed by atoms with Crippen molar-refractivity contribution in [2.24, 2.45) is 0 Å². The van der Waals surface area contributed by atoms with E-state index in [1.807, 2.05) is 38.4 Å². The molecule has 25 heavy (non-hydrogen) atoms. The number of benzene rings is 1. The van der Waals surface area contributed by atoms with Crippen LogP contribution < -0.4 is 5.32 Å². The predicted molar refractivity (Wildman–Crippen MR) is 98.0 cm³/mol. The van der Waals surface area contributed by atoms with Crippen molar-refractivity contribution in [2.75, 3.05) is 26.0 Å². The molecule has 0 saturated carbocycles. The van der Waals surface area contributed by atoms with E-state index in [2.05, 4.69) is 27.3 Å². The molecule has 0 amide bonds. The normalized spacial score (nSPS) is 12.4. The Morgan fingerprint density at radius 3 is 2.60 bits per heavy atom. The van der Waals surface area contributed by atoms with E-state index >= 15 is 0 Å². The molecule has 2 heterocycles. The largest absolute Gasteiger partial charge is 0.372 e. The van der Waals surface area contributed by atoms with E-state index in [1.54, 1.807) is 18.3 Å². The molecule has 0 fully saturated rings. The van der Waals surface area contributed by atoms with Crippen molar-refractivity contribution < 1.29 is 4.92 Å². The van der Waals surface area contributed by atoms with Gasteiger partial charge in [-0.2, -0.15) is 9.38 Å². The van der Waals surface area contributed by atoms with Gasteiger partial charge in [0.15, 0.2) is 0 Å². The number of fused-ring (bicyclic) bond motifs is 1. The number of imidazole rings is 1. The number of aromatic nitrogens is 2. The summed E-state index contributed by atoms with van der Waals surface area (Å²) in [6.45, 7) is 0.562. The van der Waals surface area contributed by atoms with Crippen LogP contribution in [0.4, 0.5) is 11.6 Å². The summed E-state index contributed by atoms with van der Waals surface area (Å²) in [5, 5.41) is 14.6. The molecule has 1 unspecified atom stereocenters. The van der Waals surface area contributed by atoms with Crippen molar-refractivity contribution >= 4 is 17.3 Å². The Morgan fingerprint density at radius 2 is 1.92 bits per heavy atom. The summed E-state index contributed by atoms with van der Waals surface area (Å²) >= 11 is 0. The molecular weight excluding hydrogens is 318 g/mol. The number of pyridine rings is 1. The molecule has 0 aliphatic heterocycles. The van der Waals surface area contributed by atoms with E-state index in [-0.39, 0.29) is 11.9 Å². The van der Waals surface area contributed by atoms with Crippen molar-refractivity contribution in [3.05, 3.63) is 70.4 Å². The fourth-order valence-corrected chi connectivity index (χ4v) is 2.81. The number of nitro groups is 1. The number of anilines is 1. The molecule has 2 aromatic heterocycles. The smallest absolute Gasteiger partial charge is 0.361 e. The zero-order chi connectivity index (χ0) is 17.8. The van der Waals surface area contributed by atoms with E-state index in [4.69, 9.17) is 0 Å². The summed E-state index contributed by atoms with van der Waals surface area (Å²) in [6.07, 6.45) is 2.50. The van der Waals surface area contributed by atoms with Crippen LogP contribution in [0, 0.1) is 10.1 Å². The molecule has 1 aromatic carbocycles. The topological polar surface area (TPSA) is 75.7 Å².